The Morgan fingerprint density at radius 3 is 2.27 bits per heavy atom. The molecule has 5 nitrogen and oxygen atoms in total. The number of benzene rings is 2. The van der Waals surface area contributed by atoms with E-state index in [1.165, 1.54) is 10.5 Å². The molecule has 0 radical (unpaired) electrons. The number of nitrogens with one attached hydrogen (secondary N) is 2. The highest BCUT2D eigenvalue weighted by Crippen LogP contribution is 2.09. The average molecular weight is 352 g/mol. The van der Waals surface area contributed by atoms with Gasteiger partial charge < -0.3 is 15.1 Å². The Morgan fingerprint density at radius 1 is 1.00 bits per heavy atom. The maximum atomic E-state index is 12.5. The van der Waals surface area contributed by atoms with Crippen molar-refractivity contribution < 1.29 is 14.5 Å². The maximum absolute atomic E-state index is 12.5. The molecule has 2 aromatic carbocycles. The lowest BCUT2D eigenvalue weighted by Gasteiger charge is -2.32. The highest BCUT2D eigenvalue weighted by atomic mass is 16.2. The standard InChI is InChI=1S/C21H25N3O2/c1-2-17-8-10-19(11-9-17)22-20(25)16-23-12-14-24(15-13-23)21(26)18-6-4-3-5-7-18/h3-11H,2,12-16H2,1H3,(H,22,25)/p+1. The number of nitrogens with zero attached hydrogens (tertiary/aromatic N) is 1. The number of piperazine rings is 1. The number of aryl methyl sites for hydroxylation is 1. The molecule has 0 unspecified atom stereocenters. The van der Waals surface area contributed by atoms with Gasteiger partial charge in [0.25, 0.3) is 11.8 Å². The molecule has 0 spiro atoms. The smallest absolute Gasteiger partial charge is 0.279 e. The first kappa shape index (κ1) is 18.1. The summed E-state index contributed by atoms with van der Waals surface area (Å²) in [6.07, 6.45) is 0.990. The van der Waals surface area contributed by atoms with Crippen LogP contribution < -0.4 is 10.2 Å². The molecule has 0 atom stereocenters. The van der Waals surface area contributed by atoms with Crippen LogP contribution in [0.5, 0.6) is 0 Å². The van der Waals surface area contributed by atoms with Gasteiger partial charge in [-0.1, -0.05) is 37.3 Å². The monoisotopic (exact) mass is 352 g/mol. The Bertz CT molecular complexity index is 736. The molecule has 5 heteroatoms. The number of anilines is 1. The largest absolute Gasteiger partial charge is 0.327 e. The lowest BCUT2D eigenvalue weighted by molar-refractivity contribution is -0.895. The van der Waals surface area contributed by atoms with Crippen molar-refractivity contribution in [2.75, 3.05) is 38.0 Å². The molecule has 0 aromatic heterocycles. The second-order valence-electron chi connectivity index (χ2n) is 6.68. The van der Waals surface area contributed by atoms with E-state index < -0.39 is 0 Å². The van der Waals surface area contributed by atoms with E-state index in [0.29, 0.717) is 19.6 Å². The molecular weight excluding hydrogens is 326 g/mol. The Balaban J connectivity index is 1.46. The van der Waals surface area contributed by atoms with Crippen LogP contribution in [0.1, 0.15) is 22.8 Å². The summed E-state index contributed by atoms with van der Waals surface area (Å²) >= 11 is 0. The van der Waals surface area contributed by atoms with Crippen molar-refractivity contribution >= 4 is 17.5 Å². The SMILES string of the molecule is CCc1ccc(NC(=O)C[NH+]2CCN(C(=O)c3ccccc3)CC2)cc1. The van der Waals surface area contributed by atoms with Crippen molar-refractivity contribution in [3.05, 3.63) is 65.7 Å². The van der Waals surface area contributed by atoms with E-state index in [0.717, 1.165) is 30.8 Å². The van der Waals surface area contributed by atoms with Gasteiger partial charge in [0, 0.05) is 11.3 Å². The summed E-state index contributed by atoms with van der Waals surface area (Å²) in [6, 6.07) is 17.3. The van der Waals surface area contributed by atoms with Crippen LogP contribution in [0.2, 0.25) is 0 Å². The Morgan fingerprint density at radius 2 is 1.65 bits per heavy atom. The van der Waals surface area contributed by atoms with Gasteiger partial charge in [-0.3, -0.25) is 9.59 Å². The zero-order valence-corrected chi connectivity index (χ0v) is 15.2. The first-order chi connectivity index (χ1) is 12.7. The summed E-state index contributed by atoms with van der Waals surface area (Å²) in [5, 5.41) is 2.96. The fraction of sp³-hybridized carbons (Fsp3) is 0.333. The molecule has 1 aliphatic rings. The molecule has 1 heterocycles. The first-order valence-electron chi connectivity index (χ1n) is 9.22. The van der Waals surface area contributed by atoms with Gasteiger partial charge in [-0.15, -0.1) is 0 Å². The summed E-state index contributed by atoms with van der Waals surface area (Å²) in [5.41, 5.74) is 2.82. The molecule has 3 rings (SSSR count). The lowest BCUT2D eigenvalue weighted by Crippen LogP contribution is -3.15. The topological polar surface area (TPSA) is 53.9 Å². The molecule has 26 heavy (non-hydrogen) atoms. The number of carbonyl (C=O) groups excluding carboxylic acids is 2. The number of hydrogen-bond donors (Lipinski definition) is 2. The fourth-order valence-electron chi connectivity index (χ4n) is 3.22. The maximum Gasteiger partial charge on any atom is 0.279 e. The number of quaternary nitrogens is 1. The Labute approximate surface area is 154 Å². The zero-order valence-electron chi connectivity index (χ0n) is 15.2. The number of carbonyl (C=O) groups is 2. The fourth-order valence-corrected chi connectivity index (χ4v) is 3.22. The van der Waals surface area contributed by atoms with Crippen LogP contribution in [0, 0.1) is 0 Å². The van der Waals surface area contributed by atoms with E-state index >= 15 is 0 Å². The molecule has 0 saturated carbocycles. The summed E-state index contributed by atoms with van der Waals surface area (Å²) in [6.45, 7) is 5.49. The van der Waals surface area contributed by atoms with Crippen molar-refractivity contribution in [1.29, 1.82) is 0 Å². The van der Waals surface area contributed by atoms with E-state index in [1.807, 2.05) is 59.5 Å². The first-order valence-corrected chi connectivity index (χ1v) is 9.22. The summed E-state index contributed by atoms with van der Waals surface area (Å²) < 4.78 is 0. The molecule has 0 aliphatic carbocycles. The summed E-state index contributed by atoms with van der Waals surface area (Å²) in [5.74, 6) is 0.0946. The highest BCUT2D eigenvalue weighted by Gasteiger charge is 2.25. The van der Waals surface area contributed by atoms with Gasteiger partial charge in [0.1, 0.15) is 0 Å². The van der Waals surface area contributed by atoms with Gasteiger partial charge in [-0.25, -0.2) is 0 Å². The van der Waals surface area contributed by atoms with Gasteiger partial charge in [-0.2, -0.15) is 0 Å². The van der Waals surface area contributed by atoms with Crippen LogP contribution in [0.3, 0.4) is 0 Å². The zero-order chi connectivity index (χ0) is 18.4. The molecular formula is C21H26N3O2+. The minimum absolute atomic E-state index is 0.0204. The van der Waals surface area contributed by atoms with E-state index in [1.54, 1.807) is 0 Å². The summed E-state index contributed by atoms with van der Waals surface area (Å²) in [7, 11) is 0. The van der Waals surface area contributed by atoms with Gasteiger partial charge in [-0.05, 0) is 36.2 Å². The lowest BCUT2D eigenvalue weighted by atomic mass is 10.1. The van der Waals surface area contributed by atoms with Gasteiger partial charge in [0.2, 0.25) is 0 Å². The van der Waals surface area contributed by atoms with Crippen LogP contribution in [0.15, 0.2) is 54.6 Å². The molecule has 1 fully saturated rings. The predicted molar refractivity (Wildman–Crippen MR) is 102 cm³/mol. The van der Waals surface area contributed by atoms with E-state index in [4.69, 9.17) is 0 Å². The van der Waals surface area contributed by atoms with Gasteiger partial charge in [0.05, 0.1) is 26.2 Å². The minimum Gasteiger partial charge on any atom is -0.327 e. The minimum atomic E-state index is 0.0204. The van der Waals surface area contributed by atoms with Crippen LogP contribution in [-0.2, 0) is 11.2 Å². The van der Waals surface area contributed by atoms with Gasteiger partial charge in [0.15, 0.2) is 6.54 Å². The van der Waals surface area contributed by atoms with Crippen LogP contribution in [0.25, 0.3) is 0 Å². The average Bonchev–Trinajstić information content (AvgIpc) is 2.69. The van der Waals surface area contributed by atoms with Crippen LogP contribution in [0.4, 0.5) is 5.69 Å². The number of hydrogen-bond acceptors (Lipinski definition) is 2. The molecule has 2 N–H and O–H groups in total. The van der Waals surface area contributed by atoms with Crippen molar-refractivity contribution in [1.82, 2.24) is 4.90 Å². The molecule has 2 amide bonds. The third kappa shape index (κ3) is 4.70. The normalized spacial score (nSPS) is 14.9. The highest BCUT2D eigenvalue weighted by molar-refractivity contribution is 5.94. The third-order valence-electron chi connectivity index (χ3n) is 4.83. The second-order valence-corrected chi connectivity index (χ2v) is 6.68. The van der Waals surface area contributed by atoms with Crippen molar-refractivity contribution in [3.8, 4) is 0 Å². The number of amides is 2. The summed E-state index contributed by atoms with van der Waals surface area (Å²) in [4.78, 5) is 27.8. The van der Waals surface area contributed by atoms with Crippen molar-refractivity contribution in [3.63, 3.8) is 0 Å². The number of rotatable bonds is 5. The van der Waals surface area contributed by atoms with Crippen LogP contribution >= 0.6 is 0 Å². The van der Waals surface area contributed by atoms with Crippen LogP contribution in [-0.4, -0.2) is 49.4 Å². The Hall–Kier alpha value is -2.66. The predicted octanol–water partition coefficient (Wildman–Crippen LogP) is 1.23. The van der Waals surface area contributed by atoms with E-state index in [2.05, 4.69) is 12.2 Å². The van der Waals surface area contributed by atoms with E-state index in [-0.39, 0.29) is 11.8 Å². The molecule has 1 aliphatic heterocycles. The molecule has 2 aromatic rings. The van der Waals surface area contributed by atoms with Gasteiger partial charge >= 0.3 is 0 Å². The van der Waals surface area contributed by atoms with E-state index in [9.17, 15) is 9.59 Å². The molecule has 1 saturated heterocycles. The quantitative estimate of drug-likeness (QED) is 0.850. The Kier molecular flexibility index (Phi) is 6.02. The molecule has 0 bridgehead atoms. The second kappa shape index (κ2) is 8.63. The third-order valence-corrected chi connectivity index (χ3v) is 4.83. The van der Waals surface area contributed by atoms with Crippen molar-refractivity contribution in [2.45, 2.75) is 13.3 Å². The van der Waals surface area contributed by atoms with Crippen molar-refractivity contribution in [2.24, 2.45) is 0 Å². The molecule has 136 valence electrons.